The van der Waals surface area contributed by atoms with E-state index in [1.165, 1.54) is 7.11 Å². The van der Waals surface area contributed by atoms with Crippen molar-refractivity contribution < 1.29 is 19.0 Å². The lowest BCUT2D eigenvalue weighted by atomic mass is 10.1. The molecule has 0 bridgehead atoms. The highest BCUT2D eigenvalue weighted by molar-refractivity contribution is 5.98. The number of rotatable bonds is 7. The molecule has 18 heavy (non-hydrogen) atoms. The van der Waals surface area contributed by atoms with E-state index < -0.39 is 5.97 Å². The van der Waals surface area contributed by atoms with Crippen molar-refractivity contribution in [3.63, 3.8) is 0 Å². The van der Waals surface area contributed by atoms with Gasteiger partial charge >= 0.3 is 5.97 Å². The second kappa shape index (κ2) is 7.55. The van der Waals surface area contributed by atoms with Gasteiger partial charge in [-0.05, 0) is 25.0 Å². The summed E-state index contributed by atoms with van der Waals surface area (Å²) in [6, 6.07) is 5.05. The molecule has 0 aliphatic rings. The molecule has 0 fully saturated rings. The third-order valence-electron chi connectivity index (χ3n) is 2.46. The molecule has 0 aliphatic carbocycles. The Morgan fingerprint density at radius 3 is 2.61 bits per heavy atom. The van der Waals surface area contributed by atoms with Crippen LogP contribution in [0.3, 0.4) is 0 Å². The molecule has 1 aromatic carbocycles. The fraction of sp³-hybridized carbons (Fsp3) is 0.462. The number of nitrogens with two attached hydrogens (primary N) is 1. The molecule has 1 aromatic rings. The van der Waals surface area contributed by atoms with Crippen LogP contribution < -0.4 is 10.5 Å². The summed E-state index contributed by atoms with van der Waals surface area (Å²) >= 11 is 0. The van der Waals surface area contributed by atoms with E-state index in [2.05, 4.69) is 0 Å². The van der Waals surface area contributed by atoms with Crippen LogP contribution in [0.1, 0.15) is 23.2 Å². The van der Waals surface area contributed by atoms with Crippen molar-refractivity contribution in [1.82, 2.24) is 0 Å². The van der Waals surface area contributed by atoms with Crippen LogP contribution in [0.4, 0.5) is 5.69 Å². The van der Waals surface area contributed by atoms with Crippen LogP contribution in [0, 0.1) is 0 Å². The van der Waals surface area contributed by atoms with E-state index in [1.54, 1.807) is 25.3 Å². The van der Waals surface area contributed by atoms with Gasteiger partial charge in [0.1, 0.15) is 11.3 Å². The maximum Gasteiger partial charge on any atom is 0.344 e. The number of benzene rings is 1. The molecule has 0 aromatic heterocycles. The van der Waals surface area contributed by atoms with Gasteiger partial charge in [0.05, 0.1) is 13.7 Å². The molecule has 0 unspecified atom stereocenters. The minimum Gasteiger partial charge on any atom is -0.496 e. The van der Waals surface area contributed by atoms with Gasteiger partial charge in [0.15, 0.2) is 0 Å². The monoisotopic (exact) mass is 253 g/mol. The molecule has 0 amide bonds. The lowest BCUT2D eigenvalue weighted by molar-refractivity contribution is 0.0487. The van der Waals surface area contributed by atoms with Gasteiger partial charge in [0.25, 0.3) is 0 Å². The molecule has 0 saturated carbocycles. The van der Waals surface area contributed by atoms with Gasteiger partial charge in [-0.3, -0.25) is 0 Å². The quantitative estimate of drug-likeness (QED) is 0.456. The van der Waals surface area contributed by atoms with E-state index in [1.807, 2.05) is 0 Å². The zero-order valence-corrected chi connectivity index (χ0v) is 10.8. The molecular formula is C13H19NO4. The lowest BCUT2D eigenvalue weighted by Crippen LogP contribution is -2.11. The minimum absolute atomic E-state index is 0.284. The van der Waals surface area contributed by atoms with Crippen molar-refractivity contribution in [1.29, 1.82) is 0 Å². The molecule has 5 nitrogen and oxygen atoms in total. The van der Waals surface area contributed by atoms with Crippen molar-refractivity contribution >= 4 is 11.7 Å². The maximum atomic E-state index is 11.9. The Balaban J connectivity index is 2.56. The summed E-state index contributed by atoms with van der Waals surface area (Å²) in [7, 11) is 3.13. The first-order valence-electron chi connectivity index (χ1n) is 5.79. The van der Waals surface area contributed by atoms with Crippen molar-refractivity contribution in [2.75, 3.05) is 33.2 Å². The maximum absolute atomic E-state index is 11.9. The van der Waals surface area contributed by atoms with Crippen LogP contribution in [-0.4, -0.2) is 33.4 Å². The Labute approximate surface area is 107 Å². The summed E-state index contributed by atoms with van der Waals surface area (Å²) in [5.41, 5.74) is 6.39. The standard InChI is InChI=1S/C13H19NO4/c1-16-8-3-4-9-18-13(15)12-10(14)6-5-7-11(12)17-2/h5-7H,3-4,8-9,14H2,1-2H3. The minimum atomic E-state index is -0.456. The fourth-order valence-electron chi connectivity index (χ4n) is 1.52. The second-order valence-corrected chi connectivity index (χ2v) is 3.76. The number of esters is 1. The summed E-state index contributed by atoms with van der Waals surface area (Å²) in [6.07, 6.45) is 1.61. The van der Waals surface area contributed by atoms with Crippen molar-refractivity contribution in [2.24, 2.45) is 0 Å². The third-order valence-corrected chi connectivity index (χ3v) is 2.46. The molecule has 5 heteroatoms. The first-order chi connectivity index (χ1) is 8.70. The van der Waals surface area contributed by atoms with Crippen LogP contribution in [-0.2, 0) is 9.47 Å². The SMILES string of the molecule is COCCCCOC(=O)c1c(N)cccc1OC. The smallest absolute Gasteiger partial charge is 0.344 e. The highest BCUT2D eigenvalue weighted by Crippen LogP contribution is 2.24. The average Bonchev–Trinajstić information content (AvgIpc) is 2.37. The summed E-state index contributed by atoms with van der Waals surface area (Å²) in [5, 5.41) is 0. The molecule has 0 radical (unpaired) electrons. The number of anilines is 1. The number of carbonyl (C=O) groups is 1. The van der Waals surface area contributed by atoms with Crippen molar-refractivity contribution in [2.45, 2.75) is 12.8 Å². The van der Waals surface area contributed by atoms with Gasteiger partial charge in [-0.25, -0.2) is 4.79 Å². The summed E-state index contributed by atoms with van der Waals surface area (Å²) in [4.78, 5) is 11.9. The molecule has 0 aliphatic heterocycles. The van der Waals surface area contributed by atoms with Crippen LogP contribution in [0.2, 0.25) is 0 Å². The summed E-state index contributed by atoms with van der Waals surface area (Å²) < 4.78 is 15.1. The van der Waals surface area contributed by atoms with E-state index in [0.717, 1.165) is 12.8 Å². The van der Waals surface area contributed by atoms with Gasteiger partial charge < -0.3 is 19.9 Å². The normalized spacial score (nSPS) is 10.1. The van der Waals surface area contributed by atoms with Crippen LogP contribution >= 0.6 is 0 Å². The van der Waals surface area contributed by atoms with E-state index in [9.17, 15) is 4.79 Å². The van der Waals surface area contributed by atoms with Gasteiger partial charge in [-0.2, -0.15) is 0 Å². The predicted molar refractivity (Wildman–Crippen MR) is 68.8 cm³/mol. The highest BCUT2D eigenvalue weighted by Gasteiger charge is 2.16. The van der Waals surface area contributed by atoms with E-state index in [-0.39, 0.29) is 5.56 Å². The van der Waals surface area contributed by atoms with Gasteiger partial charge in [0, 0.05) is 19.4 Å². The Morgan fingerprint density at radius 2 is 1.94 bits per heavy atom. The Hall–Kier alpha value is -1.75. The number of hydrogen-bond donors (Lipinski definition) is 1. The van der Waals surface area contributed by atoms with Crippen molar-refractivity contribution in [3.05, 3.63) is 23.8 Å². The summed E-state index contributed by atoms with van der Waals surface area (Å²) in [6.45, 7) is 1.01. The molecule has 100 valence electrons. The van der Waals surface area contributed by atoms with E-state index in [0.29, 0.717) is 24.7 Å². The molecular weight excluding hydrogens is 234 g/mol. The molecule has 0 atom stereocenters. The number of ether oxygens (including phenoxy) is 3. The fourth-order valence-corrected chi connectivity index (χ4v) is 1.52. The zero-order chi connectivity index (χ0) is 13.4. The molecule has 0 saturated heterocycles. The number of nitrogen functional groups attached to an aromatic ring is 1. The van der Waals surface area contributed by atoms with E-state index >= 15 is 0 Å². The third kappa shape index (κ3) is 3.92. The number of hydrogen-bond acceptors (Lipinski definition) is 5. The molecule has 1 rings (SSSR count). The molecule has 2 N–H and O–H groups in total. The highest BCUT2D eigenvalue weighted by atomic mass is 16.5. The first-order valence-corrected chi connectivity index (χ1v) is 5.79. The van der Waals surface area contributed by atoms with Gasteiger partial charge in [-0.1, -0.05) is 6.07 Å². The number of carbonyl (C=O) groups excluding carboxylic acids is 1. The Morgan fingerprint density at radius 1 is 1.22 bits per heavy atom. The zero-order valence-electron chi connectivity index (χ0n) is 10.8. The molecule has 0 heterocycles. The largest absolute Gasteiger partial charge is 0.496 e. The number of unbranched alkanes of at least 4 members (excludes halogenated alkanes) is 1. The topological polar surface area (TPSA) is 70.8 Å². The Bertz CT molecular complexity index is 393. The average molecular weight is 253 g/mol. The predicted octanol–water partition coefficient (Wildman–Crippen LogP) is 1.86. The van der Waals surface area contributed by atoms with Gasteiger partial charge in [0.2, 0.25) is 0 Å². The van der Waals surface area contributed by atoms with Crippen LogP contribution in [0.15, 0.2) is 18.2 Å². The Kier molecular flexibility index (Phi) is 6.00. The van der Waals surface area contributed by atoms with E-state index in [4.69, 9.17) is 19.9 Å². The number of methoxy groups -OCH3 is 2. The second-order valence-electron chi connectivity index (χ2n) is 3.76. The molecule has 0 spiro atoms. The first kappa shape index (κ1) is 14.3. The van der Waals surface area contributed by atoms with Gasteiger partial charge in [-0.15, -0.1) is 0 Å². The van der Waals surface area contributed by atoms with Crippen LogP contribution in [0.5, 0.6) is 5.75 Å². The van der Waals surface area contributed by atoms with Crippen molar-refractivity contribution in [3.8, 4) is 5.75 Å². The van der Waals surface area contributed by atoms with Crippen LogP contribution in [0.25, 0.3) is 0 Å². The summed E-state index contributed by atoms with van der Waals surface area (Å²) in [5.74, 6) is -0.0285. The lowest BCUT2D eigenvalue weighted by Gasteiger charge is -2.10.